The van der Waals surface area contributed by atoms with Crippen LogP contribution in [0.15, 0.2) is 66.7 Å². The summed E-state index contributed by atoms with van der Waals surface area (Å²) in [6.45, 7) is 1.66. The number of hydrogen-bond donors (Lipinski definition) is 0. The van der Waals surface area contributed by atoms with Crippen LogP contribution in [0.25, 0.3) is 16.9 Å². The standard InChI is InChI=1S/C28H25N3O8/c1-17-10-12-23(21(14-17)31(34)35)39-16-19-15-18(11-13-22(19)36-2)25-24(27(32)37-3)26(28(33)38-4)30(29-25)20-8-6-5-7-9-20/h5-15H,16H2,1-4H3. The van der Waals surface area contributed by atoms with E-state index in [1.54, 1.807) is 61.5 Å². The van der Waals surface area contributed by atoms with Gasteiger partial charge in [-0.3, -0.25) is 10.1 Å². The number of ether oxygens (including phenoxy) is 4. The van der Waals surface area contributed by atoms with Crippen LogP contribution in [0.2, 0.25) is 0 Å². The van der Waals surface area contributed by atoms with E-state index in [-0.39, 0.29) is 35.0 Å². The number of benzene rings is 3. The average Bonchev–Trinajstić information content (AvgIpc) is 3.36. The fraction of sp³-hybridized carbons (Fsp3) is 0.179. The van der Waals surface area contributed by atoms with Crippen LogP contribution < -0.4 is 9.47 Å². The zero-order valence-corrected chi connectivity index (χ0v) is 21.7. The summed E-state index contributed by atoms with van der Waals surface area (Å²) >= 11 is 0. The molecule has 0 bridgehead atoms. The number of aryl methyl sites for hydroxylation is 1. The number of nitro groups is 1. The highest BCUT2D eigenvalue weighted by molar-refractivity contribution is 6.06. The van der Waals surface area contributed by atoms with Crippen molar-refractivity contribution in [3.05, 3.63) is 99.2 Å². The van der Waals surface area contributed by atoms with E-state index in [2.05, 4.69) is 5.10 Å². The molecule has 4 rings (SSSR count). The number of esters is 2. The number of carbonyl (C=O) groups excluding carboxylic acids is 2. The fourth-order valence-corrected chi connectivity index (χ4v) is 4.04. The van der Waals surface area contributed by atoms with Crippen LogP contribution in [-0.4, -0.2) is 48.0 Å². The Hall–Kier alpha value is -5.19. The third-order valence-electron chi connectivity index (χ3n) is 5.90. The molecule has 1 aromatic heterocycles. The Kier molecular flexibility index (Phi) is 7.90. The van der Waals surface area contributed by atoms with Gasteiger partial charge in [0.1, 0.15) is 23.6 Å². The summed E-state index contributed by atoms with van der Waals surface area (Å²) in [4.78, 5) is 36.8. The molecule has 0 aliphatic heterocycles. The molecule has 0 spiro atoms. The molecule has 0 aliphatic carbocycles. The third-order valence-corrected chi connectivity index (χ3v) is 5.90. The van der Waals surface area contributed by atoms with Crippen LogP contribution in [0.1, 0.15) is 32.0 Å². The Morgan fingerprint density at radius 2 is 1.62 bits per heavy atom. The van der Waals surface area contributed by atoms with Gasteiger partial charge in [-0.2, -0.15) is 5.10 Å². The minimum Gasteiger partial charge on any atom is -0.496 e. The summed E-state index contributed by atoms with van der Waals surface area (Å²) < 4.78 is 22.6. The van der Waals surface area contributed by atoms with Crippen LogP contribution in [0.3, 0.4) is 0 Å². The summed E-state index contributed by atoms with van der Waals surface area (Å²) in [5, 5.41) is 16.1. The highest BCUT2D eigenvalue weighted by Gasteiger charge is 2.31. The quantitative estimate of drug-likeness (QED) is 0.168. The molecule has 0 N–H and O–H groups in total. The Labute approximate surface area is 223 Å². The molecule has 11 heteroatoms. The molecule has 0 saturated carbocycles. The topological polar surface area (TPSA) is 132 Å². The van der Waals surface area contributed by atoms with Crippen molar-refractivity contribution < 1.29 is 33.5 Å². The van der Waals surface area contributed by atoms with Crippen molar-refractivity contribution >= 4 is 17.6 Å². The highest BCUT2D eigenvalue weighted by Crippen LogP contribution is 2.34. The van der Waals surface area contributed by atoms with E-state index >= 15 is 0 Å². The van der Waals surface area contributed by atoms with Crippen LogP contribution in [0.4, 0.5) is 5.69 Å². The first-order valence-electron chi connectivity index (χ1n) is 11.7. The van der Waals surface area contributed by atoms with Crippen molar-refractivity contribution in [3.63, 3.8) is 0 Å². The average molecular weight is 532 g/mol. The van der Waals surface area contributed by atoms with Gasteiger partial charge in [0, 0.05) is 17.2 Å². The molecule has 0 radical (unpaired) electrons. The summed E-state index contributed by atoms with van der Waals surface area (Å²) in [5.74, 6) is -1.02. The highest BCUT2D eigenvalue weighted by atomic mass is 16.6. The fourth-order valence-electron chi connectivity index (χ4n) is 4.04. The molecule has 0 saturated heterocycles. The van der Waals surface area contributed by atoms with Gasteiger partial charge < -0.3 is 18.9 Å². The summed E-state index contributed by atoms with van der Waals surface area (Å²) in [6, 6.07) is 18.5. The Morgan fingerprint density at radius 1 is 0.923 bits per heavy atom. The third kappa shape index (κ3) is 5.42. The van der Waals surface area contributed by atoms with Gasteiger partial charge in [-0.05, 0) is 48.9 Å². The molecule has 200 valence electrons. The van der Waals surface area contributed by atoms with E-state index in [0.29, 0.717) is 22.6 Å². The Bertz CT molecular complexity index is 1550. The number of para-hydroxylation sites is 1. The maximum absolute atomic E-state index is 12.9. The number of nitrogens with zero attached hydrogens (tertiary/aromatic N) is 3. The molecule has 3 aromatic carbocycles. The van der Waals surface area contributed by atoms with Crippen LogP contribution in [0, 0.1) is 17.0 Å². The number of aromatic nitrogens is 2. The van der Waals surface area contributed by atoms with Crippen LogP contribution in [0.5, 0.6) is 11.5 Å². The van der Waals surface area contributed by atoms with E-state index < -0.39 is 16.9 Å². The molecule has 0 amide bonds. The summed E-state index contributed by atoms with van der Waals surface area (Å²) in [7, 11) is 3.89. The second kappa shape index (κ2) is 11.5. The van der Waals surface area contributed by atoms with Crippen molar-refractivity contribution in [2.75, 3.05) is 21.3 Å². The lowest BCUT2D eigenvalue weighted by molar-refractivity contribution is -0.386. The summed E-state index contributed by atoms with van der Waals surface area (Å²) in [6.07, 6.45) is 0. The second-order valence-corrected chi connectivity index (χ2v) is 8.35. The summed E-state index contributed by atoms with van der Waals surface area (Å²) in [5.41, 5.74) is 2.03. The van der Waals surface area contributed by atoms with E-state index in [9.17, 15) is 19.7 Å². The number of rotatable bonds is 9. The normalized spacial score (nSPS) is 10.6. The largest absolute Gasteiger partial charge is 0.496 e. The SMILES string of the molecule is COC(=O)c1c(-c2ccc(OC)c(COc3ccc(C)cc3[N+](=O)[O-])c2)nn(-c2ccccc2)c1C(=O)OC. The van der Waals surface area contributed by atoms with Gasteiger partial charge in [0.05, 0.1) is 31.9 Å². The molecule has 39 heavy (non-hydrogen) atoms. The van der Waals surface area contributed by atoms with Gasteiger partial charge in [0.15, 0.2) is 11.4 Å². The van der Waals surface area contributed by atoms with Gasteiger partial charge >= 0.3 is 17.6 Å². The lowest BCUT2D eigenvalue weighted by Gasteiger charge is -2.12. The first-order valence-corrected chi connectivity index (χ1v) is 11.7. The molecule has 0 fully saturated rings. The maximum Gasteiger partial charge on any atom is 0.357 e. The predicted octanol–water partition coefficient (Wildman–Crippen LogP) is 4.92. The molecule has 0 aliphatic rings. The number of methoxy groups -OCH3 is 3. The first-order chi connectivity index (χ1) is 18.8. The lowest BCUT2D eigenvalue weighted by atomic mass is 10.0. The minimum atomic E-state index is -0.781. The van der Waals surface area contributed by atoms with E-state index in [4.69, 9.17) is 18.9 Å². The van der Waals surface area contributed by atoms with Crippen LogP contribution in [-0.2, 0) is 16.1 Å². The predicted molar refractivity (Wildman–Crippen MR) is 140 cm³/mol. The van der Waals surface area contributed by atoms with Crippen molar-refractivity contribution in [2.45, 2.75) is 13.5 Å². The molecule has 0 unspecified atom stereocenters. The smallest absolute Gasteiger partial charge is 0.357 e. The zero-order chi connectivity index (χ0) is 28.1. The minimum absolute atomic E-state index is 0.0839. The number of hydrogen-bond acceptors (Lipinski definition) is 9. The van der Waals surface area contributed by atoms with E-state index in [1.807, 2.05) is 0 Å². The molecule has 11 nitrogen and oxygen atoms in total. The van der Waals surface area contributed by atoms with Crippen molar-refractivity contribution in [1.29, 1.82) is 0 Å². The molecule has 4 aromatic rings. The van der Waals surface area contributed by atoms with Gasteiger partial charge in [0.2, 0.25) is 0 Å². The number of nitro benzene ring substituents is 1. The van der Waals surface area contributed by atoms with Crippen molar-refractivity contribution in [1.82, 2.24) is 9.78 Å². The van der Waals surface area contributed by atoms with Crippen molar-refractivity contribution in [2.24, 2.45) is 0 Å². The van der Waals surface area contributed by atoms with Gasteiger partial charge in [-0.1, -0.05) is 24.3 Å². The second-order valence-electron chi connectivity index (χ2n) is 8.35. The Balaban J connectivity index is 1.84. The molecule has 1 heterocycles. The van der Waals surface area contributed by atoms with E-state index in [1.165, 1.54) is 38.1 Å². The maximum atomic E-state index is 12.9. The van der Waals surface area contributed by atoms with Gasteiger partial charge in [0.25, 0.3) is 0 Å². The molecule has 0 atom stereocenters. The van der Waals surface area contributed by atoms with Crippen LogP contribution >= 0.6 is 0 Å². The monoisotopic (exact) mass is 531 g/mol. The molecular formula is C28H25N3O8. The first kappa shape index (κ1) is 26.9. The lowest BCUT2D eigenvalue weighted by Crippen LogP contribution is -2.15. The van der Waals surface area contributed by atoms with Gasteiger partial charge in [-0.15, -0.1) is 0 Å². The zero-order valence-electron chi connectivity index (χ0n) is 21.7. The van der Waals surface area contributed by atoms with Gasteiger partial charge in [-0.25, -0.2) is 14.3 Å². The Morgan fingerprint density at radius 3 is 2.26 bits per heavy atom. The van der Waals surface area contributed by atoms with E-state index in [0.717, 1.165) is 5.56 Å². The number of carbonyl (C=O) groups is 2. The van der Waals surface area contributed by atoms with Crippen molar-refractivity contribution in [3.8, 4) is 28.4 Å². The molecular weight excluding hydrogens is 506 g/mol.